The number of carbonyl (C=O) groups is 1. The molecule has 0 aromatic carbocycles. The zero-order valence-corrected chi connectivity index (χ0v) is 10.6. The largest absolute Gasteiger partial charge is 0.476 e. The van der Waals surface area contributed by atoms with Gasteiger partial charge in [0.1, 0.15) is 5.69 Å². The number of hydrogen-bond donors (Lipinski definition) is 2. The molecule has 0 saturated carbocycles. The summed E-state index contributed by atoms with van der Waals surface area (Å²) in [4.78, 5) is 15.1. The van der Waals surface area contributed by atoms with Crippen LogP contribution in [-0.4, -0.2) is 56.0 Å². The molecule has 0 atom stereocenters. The molecule has 20 heavy (non-hydrogen) atoms. The highest BCUT2D eigenvalue weighted by Gasteiger charge is 2.20. The summed E-state index contributed by atoms with van der Waals surface area (Å²) in [6.45, 7) is 0.818. The third kappa shape index (κ3) is 3.16. The van der Waals surface area contributed by atoms with E-state index in [1.807, 2.05) is 0 Å². The molecule has 2 heterocycles. The average Bonchev–Trinajstić information content (AvgIpc) is 2.88. The highest BCUT2D eigenvalue weighted by atomic mass is 16.5. The summed E-state index contributed by atoms with van der Waals surface area (Å²) in [6.07, 6.45) is 3.14. The maximum atomic E-state index is 11.2. The highest BCUT2D eigenvalue weighted by Crippen LogP contribution is 2.21. The van der Waals surface area contributed by atoms with Crippen molar-refractivity contribution in [3.63, 3.8) is 0 Å². The van der Waals surface area contributed by atoms with Crippen LogP contribution in [0.4, 0.5) is 0 Å². The van der Waals surface area contributed by atoms with Crippen LogP contribution < -0.4 is 0 Å². The lowest BCUT2D eigenvalue weighted by molar-refractivity contribution is 0.0691. The predicted octanol–water partition coefficient (Wildman–Crippen LogP) is 0.0472. The average molecular weight is 278 g/mol. The number of ether oxygens (including phenoxy) is 1. The third-order valence-corrected chi connectivity index (χ3v) is 2.57. The molecule has 0 aliphatic rings. The number of aliphatic hydroxyl groups is 1. The Balaban J connectivity index is 2.26. The molecule has 0 fully saturated rings. The fraction of sp³-hybridized carbons (Fsp3) is 0.333. The molecule has 2 aromatic rings. The second kappa shape index (κ2) is 6.73. The van der Waals surface area contributed by atoms with Crippen molar-refractivity contribution < 1.29 is 19.7 Å². The molecular formula is C12H14N4O4. The van der Waals surface area contributed by atoms with E-state index in [1.165, 1.54) is 4.68 Å². The van der Waals surface area contributed by atoms with E-state index in [0.29, 0.717) is 24.4 Å². The van der Waals surface area contributed by atoms with Crippen LogP contribution in [0, 0.1) is 0 Å². The first-order valence-electron chi connectivity index (χ1n) is 6.00. The molecule has 106 valence electrons. The maximum absolute atomic E-state index is 11.2. The molecule has 2 rings (SSSR count). The summed E-state index contributed by atoms with van der Waals surface area (Å²) in [5.74, 6) is -1.14. The fourth-order valence-electron chi connectivity index (χ4n) is 1.73. The Morgan fingerprint density at radius 3 is 2.70 bits per heavy atom. The van der Waals surface area contributed by atoms with Gasteiger partial charge in [-0.25, -0.2) is 9.48 Å². The van der Waals surface area contributed by atoms with Gasteiger partial charge in [-0.2, -0.15) is 0 Å². The first-order valence-corrected chi connectivity index (χ1v) is 6.00. The number of carboxylic acid groups (broad SMARTS) is 1. The van der Waals surface area contributed by atoms with Crippen molar-refractivity contribution in [1.82, 2.24) is 20.0 Å². The normalized spacial score (nSPS) is 10.7. The topological polar surface area (TPSA) is 110 Å². The fourth-order valence-corrected chi connectivity index (χ4v) is 1.73. The molecule has 0 amide bonds. The van der Waals surface area contributed by atoms with E-state index >= 15 is 0 Å². The van der Waals surface area contributed by atoms with Crippen LogP contribution in [0.25, 0.3) is 11.3 Å². The van der Waals surface area contributed by atoms with Crippen molar-refractivity contribution in [2.75, 3.05) is 19.8 Å². The predicted molar refractivity (Wildman–Crippen MR) is 68.1 cm³/mol. The second-order valence-electron chi connectivity index (χ2n) is 3.89. The van der Waals surface area contributed by atoms with E-state index in [2.05, 4.69) is 15.3 Å². The lowest BCUT2D eigenvalue weighted by Crippen LogP contribution is -2.11. The molecule has 2 N–H and O–H groups in total. The van der Waals surface area contributed by atoms with Crippen molar-refractivity contribution in [3.05, 3.63) is 30.2 Å². The molecule has 2 aromatic heterocycles. The summed E-state index contributed by atoms with van der Waals surface area (Å²) in [6, 6.07) is 3.38. The van der Waals surface area contributed by atoms with Crippen LogP contribution in [0.2, 0.25) is 0 Å². The number of aromatic carboxylic acids is 1. The Hall–Kier alpha value is -2.32. The van der Waals surface area contributed by atoms with Crippen LogP contribution in [-0.2, 0) is 11.3 Å². The Labute approximate surface area is 114 Å². The standard InChI is InChI=1S/C12H14N4O4/c17-6-8-20-7-5-16-11(9-1-3-13-4-2-9)10(12(18)19)14-15-16/h1-4,17H,5-8H2,(H,18,19). The minimum Gasteiger partial charge on any atom is -0.476 e. The molecule has 0 unspecified atom stereocenters. The molecule has 0 spiro atoms. The molecule has 0 bridgehead atoms. The van der Waals surface area contributed by atoms with E-state index in [1.54, 1.807) is 24.5 Å². The summed E-state index contributed by atoms with van der Waals surface area (Å²) in [7, 11) is 0. The molecule has 0 saturated heterocycles. The van der Waals surface area contributed by atoms with Crippen molar-refractivity contribution in [1.29, 1.82) is 0 Å². The van der Waals surface area contributed by atoms with Gasteiger partial charge in [0, 0.05) is 18.0 Å². The number of aromatic nitrogens is 4. The number of pyridine rings is 1. The molecule has 0 radical (unpaired) electrons. The Bertz CT molecular complexity index is 570. The Morgan fingerprint density at radius 1 is 1.30 bits per heavy atom. The molecule has 0 aliphatic carbocycles. The molecule has 0 aliphatic heterocycles. The zero-order valence-electron chi connectivity index (χ0n) is 10.6. The number of nitrogens with zero attached hydrogens (tertiary/aromatic N) is 4. The SMILES string of the molecule is O=C(O)c1nnn(CCOCCO)c1-c1ccncc1. The van der Waals surface area contributed by atoms with Gasteiger partial charge in [0.05, 0.1) is 26.4 Å². The van der Waals surface area contributed by atoms with Crippen LogP contribution in [0.5, 0.6) is 0 Å². The van der Waals surface area contributed by atoms with Crippen molar-refractivity contribution in [2.45, 2.75) is 6.54 Å². The van der Waals surface area contributed by atoms with E-state index in [4.69, 9.17) is 14.9 Å². The van der Waals surface area contributed by atoms with Gasteiger partial charge in [0.25, 0.3) is 0 Å². The highest BCUT2D eigenvalue weighted by molar-refractivity contribution is 5.92. The summed E-state index contributed by atoms with van der Waals surface area (Å²) < 4.78 is 6.62. The zero-order chi connectivity index (χ0) is 14.4. The van der Waals surface area contributed by atoms with E-state index in [-0.39, 0.29) is 18.9 Å². The smallest absolute Gasteiger partial charge is 0.358 e. The van der Waals surface area contributed by atoms with Gasteiger partial charge < -0.3 is 14.9 Å². The summed E-state index contributed by atoms with van der Waals surface area (Å²) >= 11 is 0. The number of carboxylic acids is 1. The van der Waals surface area contributed by atoms with Crippen molar-refractivity contribution in [2.24, 2.45) is 0 Å². The van der Waals surface area contributed by atoms with E-state index < -0.39 is 5.97 Å². The van der Waals surface area contributed by atoms with Gasteiger partial charge in [0.2, 0.25) is 0 Å². The molecular weight excluding hydrogens is 264 g/mol. The van der Waals surface area contributed by atoms with Gasteiger partial charge in [-0.15, -0.1) is 5.10 Å². The van der Waals surface area contributed by atoms with Gasteiger partial charge >= 0.3 is 5.97 Å². The lowest BCUT2D eigenvalue weighted by Gasteiger charge is -2.07. The first kappa shape index (κ1) is 14.1. The van der Waals surface area contributed by atoms with Crippen LogP contribution in [0.15, 0.2) is 24.5 Å². The number of aliphatic hydroxyl groups excluding tert-OH is 1. The minimum atomic E-state index is -1.14. The third-order valence-electron chi connectivity index (χ3n) is 2.57. The van der Waals surface area contributed by atoms with E-state index in [0.717, 1.165) is 0 Å². The second-order valence-corrected chi connectivity index (χ2v) is 3.89. The van der Waals surface area contributed by atoms with Crippen LogP contribution >= 0.6 is 0 Å². The minimum absolute atomic E-state index is 0.0606. The van der Waals surface area contributed by atoms with Crippen molar-refractivity contribution >= 4 is 5.97 Å². The summed E-state index contributed by atoms with van der Waals surface area (Å²) in [5.41, 5.74) is 0.968. The quantitative estimate of drug-likeness (QED) is 0.688. The van der Waals surface area contributed by atoms with Crippen molar-refractivity contribution in [3.8, 4) is 11.3 Å². The van der Waals surface area contributed by atoms with Gasteiger partial charge in [0.15, 0.2) is 5.69 Å². The van der Waals surface area contributed by atoms with Gasteiger partial charge in [-0.3, -0.25) is 4.98 Å². The molecule has 8 nitrogen and oxygen atoms in total. The van der Waals surface area contributed by atoms with Crippen LogP contribution in [0.3, 0.4) is 0 Å². The monoisotopic (exact) mass is 278 g/mol. The lowest BCUT2D eigenvalue weighted by atomic mass is 10.1. The number of hydrogen-bond acceptors (Lipinski definition) is 6. The van der Waals surface area contributed by atoms with Crippen LogP contribution in [0.1, 0.15) is 10.5 Å². The van der Waals surface area contributed by atoms with Gasteiger partial charge in [-0.05, 0) is 12.1 Å². The van der Waals surface area contributed by atoms with Gasteiger partial charge in [-0.1, -0.05) is 5.21 Å². The maximum Gasteiger partial charge on any atom is 0.358 e. The Kier molecular flexibility index (Phi) is 4.75. The summed E-state index contributed by atoms with van der Waals surface area (Å²) in [5, 5.41) is 25.3. The first-order chi connectivity index (χ1) is 9.74. The Morgan fingerprint density at radius 2 is 2.05 bits per heavy atom. The van der Waals surface area contributed by atoms with E-state index in [9.17, 15) is 4.79 Å². The number of rotatable bonds is 7. The molecule has 8 heteroatoms.